The Hall–Kier alpha value is -3.58. The first-order valence-corrected chi connectivity index (χ1v) is 13.0. The molecule has 2 aromatic rings. The molecular weight excluding hydrogens is 468 g/mol. The second-order valence-corrected chi connectivity index (χ2v) is 8.91. The van der Waals surface area contributed by atoms with Gasteiger partial charge in [-0.1, -0.05) is 69.7 Å². The highest BCUT2D eigenvalue weighted by Gasteiger charge is 2.43. The molecule has 0 fully saturated rings. The molecule has 1 N–H and O–H groups in total. The Bertz CT molecular complexity index is 1120. The van der Waals surface area contributed by atoms with Crippen molar-refractivity contribution in [2.45, 2.75) is 39.7 Å². The second-order valence-electron chi connectivity index (χ2n) is 8.91. The monoisotopic (exact) mass is 506 g/mol. The molecule has 1 atom stereocenters. The molecule has 0 saturated heterocycles. The summed E-state index contributed by atoms with van der Waals surface area (Å²) in [6, 6.07) is 14.1. The molecule has 1 aliphatic rings. The van der Waals surface area contributed by atoms with Crippen LogP contribution < -0.4 is 9.47 Å². The first-order chi connectivity index (χ1) is 17.9. The SMILES string of the molecule is CCCCOc1ccc(C2C(C(=O)C=Cc3ccccc3)=C(O)C(=O)N2CCN(CC)CC)cc1OC. The van der Waals surface area contributed by atoms with E-state index in [1.54, 1.807) is 30.2 Å². The number of hydrogen-bond acceptors (Lipinski definition) is 6. The topological polar surface area (TPSA) is 79.3 Å². The van der Waals surface area contributed by atoms with Gasteiger partial charge < -0.3 is 24.4 Å². The molecule has 37 heavy (non-hydrogen) atoms. The van der Waals surface area contributed by atoms with Crippen molar-refractivity contribution in [3.8, 4) is 11.5 Å². The number of likely N-dealkylation sites (N-methyl/N-ethyl adjacent to an activating group) is 1. The van der Waals surface area contributed by atoms with Gasteiger partial charge in [0.15, 0.2) is 23.0 Å². The average molecular weight is 507 g/mol. The molecule has 1 aliphatic heterocycles. The van der Waals surface area contributed by atoms with Gasteiger partial charge in [-0.25, -0.2) is 0 Å². The molecule has 0 saturated carbocycles. The van der Waals surface area contributed by atoms with Crippen LogP contribution in [-0.2, 0) is 9.59 Å². The number of hydrogen-bond donors (Lipinski definition) is 1. The van der Waals surface area contributed by atoms with Crippen molar-refractivity contribution in [3.63, 3.8) is 0 Å². The van der Waals surface area contributed by atoms with Gasteiger partial charge in [0.25, 0.3) is 5.91 Å². The summed E-state index contributed by atoms with van der Waals surface area (Å²) in [4.78, 5) is 30.4. The molecule has 198 valence electrons. The highest BCUT2D eigenvalue weighted by Crippen LogP contribution is 2.41. The van der Waals surface area contributed by atoms with Crippen LogP contribution in [0.3, 0.4) is 0 Å². The number of aliphatic hydroxyl groups excluding tert-OH is 1. The lowest BCUT2D eigenvalue weighted by atomic mass is 9.95. The summed E-state index contributed by atoms with van der Waals surface area (Å²) in [7, 11) is 1.56. The van der Waals surface area contributed by atoms with Crippen molar-refractivity contribution in [2.75, 3.05) is 39.9 Å². The normalized spacial score (nSPS) is 15.8. The molecule has 1 amide bonds. The number of rotatable bonds is 14. The predicted octanol–water partition coefficient (Wildman–Crippen LogP) is 5.19. The van der Waals surface area contributed by atoms with E-state index in [0.29, 0.717) is 36.8 Å². The Kier molecular flexibility index (Phi) is 10.3. The van der Waals surface area contributed by atoms with Gasteiger partial charge in [0, 0.05) is 13.1 Å². The van der Waals surface area contributed by atoms with Gasteiger partial charge in [-0.15, -0.1) is 0 Å². The van der Waals surface area contributed by atoms with Crippen molar-refractivity contribution in [3.05, 3.63) is 77.1 Å². The van der Waals surface area contributed by atoms with Gasteiger partial charge in [-0.3, -0.25) is 9.59 Å². The third kappa shape index (κ3) is 6.80. The minimum atomic E-state index is -0.741. The fraction of sp³-hybridized carbons (Fsp3) is 0.400. The van der Waals surface area contributed by atoms with E-state index in [2.05, 4.69) is 25.7 Å². The number of carbonyl (C=O) groups excluding carboxylic acids is 2. The van der Waals surface area contributed by atoms with Crippen LogP contribution in [0.25, 0.3) is 6.08 Å². The number of methoxy groups -OCH3 is 1. The molecule has 1 unspecified atom stereocenters. The van der Waals surface area contributed by atoms with E-state index in [4.69, 9.17) is 9.47 Å². The molecule has 7 heteroatoms. The number of ether oxygens (including phenoxy) is 2. The molecular formula is C30H38N2O5. The van der Waals surface area contributed by atoms with Crippen LogP contribution in [0.2, 0.25) is 0 Å². The number of ketones is 1. The summed E-state index contributed by atoms with van der Waals surface area (Å²) in [5, 5.41) is 10.9. The number of amides is 1. The number of aliphatic hydroxyl groups is 1. The summed E-state index contributed by atoms with van der Waals surface area (Å²) in [5.41, 5.74) is 1.59. The standard InChI is InChI=1S/C30H38N2O5/c1-5-8-20-37-25-17-15-23(21-26(25)36-4)28-27(24(33)16-14-22-12-10-9-11-13-22)29(34)30(35)32(28)19-18-31(6-2)7-3/h9-17,21,28,34H,5-8,18-20H2,1-4H3. The minimum absolute atomic E-state index is 0.0680. The van der Waals surface area contributed by atoms with Gasteiger partial charge >= 0.3 is 0 Å². The van der Waals surface area contributed by atoms with Crippen molar-refractivity contribution in [1.29, 1.82) is 0 Å². The van der Waals surface area contributed by atoms with Crippen molar-refractivity contribution < 1.29 is 24.2 Å². The van der Waals surface area contributed by atoms with Gasteiger partial charge in [0.2, 0.25) is 0 Å². The molecule has 0 radical (unpaired) electrons. The molecule has 0 bridgehead atoms. The van der Waals surface area contributed by atoms with E-state index in [1.807, 2.05) is 36.4 Å². The number of unbranched alkanes of at least 4 members (excludes halogenated alkanes) is 1. The van der Waals surface area contributed by atoms with Crippen LogP contribution in [-0.4, -0.2) is 66.5 Å². The van der Waals surface area contributed by atoms with Gasteiger partial charge in [0.1, 0.15) is 0 Å². The van der Waals surface area contributed by atoms with Crippen molar-refractivity contribution in [1.82, 2.24) is 9.80 Å². The Labute approximate surface area is 220 Å². The highest BCUT2D eigenvalue weighted by molar-refractivity contribution is 6.14. The lowest BCUT2D eigenvalue weighted by Gasteiger charge is -2.29. The van der Waals surface area contributed by atoms with Crippen LogP contribution in [0.4, 0.5) is 0 Å². The molecule has 7 nitrogen and oxygen atoms in total. The predicted molar refractivity (Wildman–Crippen MR) is 146 cm³/mol. The zero-order chi connectivity index (χ0) is 26.8. The number of carbonyl (C=O) groups is 2. The number of nitrogens with zero attached hydrogens (tertiary/aromatic N) is 2. The van der Waals surface area contributed by atoms with Gasteiger partial charge in [-0.2, -0.15) is 0 Å². The number of benzene rings is 2. The fourth-order valence-corrected chi connectivity index (χ4v) is 4.40. The van der Waals surface area contributed by atoms with E-state index < -0.39 is 23.5 Å². The first kappa shape index (κ1) is 28.0. The molecule has 1 heterocycles. The second kappa shape index (κ2) is 13.7. The van der Waals surface area contributed by atoms with E-state index in [-0.39, 0.29) is 5.57 Å². The fourth-order valence-electron chi connectivity index (χ4n) is 4.40. The Morgan fingerprint density at radius 3 is 2.46 bits per heavy atom. The third-order valence-corrected chi connectivity index (χ3v) is 6.61. The zero-order valence-corrected chi connectivity index (χ0v) is 22.3. The summed E-state index contributed by atoms with van der Waals surface area (Å²) < 4.78 is 11.5. The third-order valence-electron chi connectivity index (χ3n) is 6.61. The quantitative estimate of drug-likeness (QED) is 0.281. The van der Waals surface area contributed by atoms with Crippen LogP contribution >= 0.6 is 0 Å². The summed E-state index contributed by atoms with van der Waals surface area (Å²) in [5.74, 6) is -0.343. The minimum Gasteiger partial charge on any atom is -0.503 e. The first-order valence-electron chi connectivity index (χ1n) is 13.0. The summed E-state index contributed by atoms with van der Waals surface area (Å²) in [6.45, 7) is 9.46. The summed E-state index contributed by atoms with van der Waals surface area (Å²) >= 11 is 0. The average Bonchev–Trinajstić information content (AvgIpc) is 3.18. The van der Waals surface area contributed by atoms with Crippen molar-refractivity contribution >= 4 is 17.8 Å². The molecule has 3 rings (SSSR count). The lowest BCUT2D eigenvalue weighted by Crippen LogP contribution is -2.38. The number of allylic oxidation sites excluding steroid dienone is 1. The Morgan fingerprint density at radius 2 is 1.81 bits per heavy atom. The van der Waals surface area contributed by atoms with Gasteiger partial charge in [-0.05, 0) is 48.8 Å². The molecule has 2 aromatic carbocycles. The lowest BCUT2D eigenvalue weighted by molar-refractivity contribution is -0.129. The smallest absolute Gasteiger partial charge is 0.290 e. The maximum atomic E-state index is 13.4. The molecule has 0 aromatic heterocycles. The zero-order valence-electron chi connectivity index (χ0n) is 22.3. The van der Waals surface area contributed by atoms with E-state index in [1.165, 1.54) is 6.08 Å². The molecule has 0 spiro atoms. The van der Waals surface area contributed by atoms with Crippen LogP contribution in [0.5, 0.6) is 11.5 Å². The largest absolute Gasteiger partial charge is 0.503 e. The molecule has 0 aliphatic carbocycles. The maximum absolute atomic E-state index is 13.4. The van der Waals surface area contributed by atoms with Crippen LogP contribution in [0.15, 0.2) is 65.9 Å². The van der Waals surface area contributed by atoms with E-state index >= 15 is 0 Å². The maximum Gasteiger partial charge on any atom is 0.290 e. The highest BCUT2D eigenvalue weighted by atomic mass is 16.5. The van der Waals surface area contributed by atoms with E-state index in [0.717, 1.165) is 31.5 Å². The summed E-state index contributed by atoms with van der Waals surface area (Å²) in [6.07, 6.45) is 5.03. The van der Waals surface area contributed by atoms with Crippen LogP contribution in [0, 0.1) is 0 Å². The van der Waals surface area contributed by atoms with Crippen molar-refractivity contribution in [2.24, 2.45) is 0 Å². The Morgan fingerprint density at radius 1 is 1.08 bits per heavy atom. The van der Waals surface area contributed by atoms with Gasteiger partial charge in [0.05, 0.1) is 25.3 Å². The Balaban J connectivity index is 1.99. The van der Waals surface area contributed by atoms with E-state index in [9.17, 15) is 14.7 Å². The van der Waals surface area contributed by atoms with Crippen LogP contribution in [0.1, 0.15) is 50.8 Å².